The predicted octanol–water partition coefficient (Wildman–Crippen LogP) is -0.331. The largest absolute Gasteiger partial charge is 0.456 e. The van der Waals surface area contributed by atoms with E-state index in [1.165, 1.54) is 13.1 Å². The molecule has 1 saturated heterocycles. The van der Waals surface area contributed by atoms with Gasteiger partial charge in [0.05, 0.1) is 5.56 Å². The topological polar surface area (TPSA) is 131 Å². The van der Waals surface area contributed by atoms with Gasteiger partial charge < -0.3 is 19.7 Å². The molecule has 0 saturated carbocycles. The van der Waals surface area contributed by atoms with E-state index in [1.807, 2.05) is 0 Å². The fourth-order valence-electron chi connectivity index (χ4n) is 2.79. The molecule has 0 amide bonds. The van der Waals surface area contributed by atoms with Crippen LogP contribution in [0.5, 0.6) is 0 Å². The van der Waals surface area contributed by atoms with Crippen LogP contribution in [0, 0.1) is 6.92 Å². The Balaban J connectivity index is 1.83. The molecular weight excluding hydrogens is 344 g/mol. The van der Waals surface area contributed by atoms with Gasteiger partial charge in [-0.2, -0.15) is 0 Å². The summed E-state index contributed by atoms with van der Waals surface area (Å²) in [5.74, 6) is -0.643. The highest BCUT2D eigenvalue weighted by Gasteiger charge is 2.43. The van der Waals surface area contributed by atoms with E-state index in [-0.39, 0.29) is 6.42 Å². The van der Waals surface area contributed by atoms with E-state index in [2.05, 4.69) is 4.98 Å². The maximum Gasteiger partial charge on any atom is 0.338 e. The van der Waals surface area contributed by atoms with Gasteiger partial charge in [-0.25, -0.2) is 9.59 Å². The summed E-state index contributed by atoms with van der Waals surface area (Å²) in [5.41, 5.74) is -0.625. The molecule has 0 bridgehead atoms. The van der Waals surface area contributed by atoms with Crippen LogP contribution in [0.2, 0.25) is 0 Å². The van der Waals surface area contributed by atoms with Gasteiger partial charge in [-0.1, -0.05) is 18.2 Å². The first-order chi connectivity index (χ1) is 12.4. The third-order valence-electron chi connectivity index (χ3n) is 4.13. The summed E-state index contributed by atoms with van der Waals surface area (Å²) in [6, 6.07) is 8.22. The van der Waals surface area contributed by atoms with Gasteiger partial charge in [0, 0.05) is 18.2 Å². The number of H-pyrrole nitrogens is 1. The van der Waals surface area contributed by atoms with Crippen molar-refractivity contribution in [1.29, 1.82) is 0 Å². The summed E-state index contributed by atoms with van der Waals surface area (Å²) >= 11 is 0. The van der Waals surface area contributed by atoms with E-state index in [1.54, 1.807) is 30.3 Å². The summed E-state index contributed by atoms with van der Waals surface area (Å²) in [6.07, 6.45) is -3.70. The summed E-state index contributed by atoms with van der Waals surface area (Å²) < 4.78 is 12.0. The second-order valence-corrected chi connectivity index (χ2v) is 5.99. The molecule has 2 aromatic rings. The molecule has 1 aliphatic heterocycles. The number of aromatic nitrogens is 2. The van der Waals surface area contributed by atoms with Crippen LogP contribution in [0.15, 0.2) is 46.1 Å². The number of esters is 1. The van der Waals surface area contributed by atoms with Crippen molar-refractivity contribution < 1.29 is 24.5 Å². The molecule has 3 N–H and O–H groups in total. The van der Waals surface area contributed by atoms with Gasteiger partial charge in [0.15, 0.2) is 6.29 Å². The Bertz CT molecular complexity index is 903. The number of aromatic amines is 1. The van der Waals surface area contributed by atoms with Crippen LogP contribution in [0.3, 0.4) is 0 Å². The molecule has 1 aliphatic rings. The SMILES string of the molecule is Cc1cn([C@H]2C[C@H](OC(=O)c3ccccc3)[C@@H](C(O)O)O2)c(=O)[nH]c1=O. The summed E-state index contributed by atoms with van der Waals surface area (Å²) in [5, 5.41) is 19.1. The Morgan fingerprint density at radius 2 is 2.00 bits per heavy atom. The van der Waals surface area contributed by atoms with Crippen molar-refractivity contribution in [2.24, 2.45) is 0 Å². The van der Waals surface area contributed by atoms with E-state index >= 15 is 0 Å². The smallest absolute Gasteiger partial charge is 0.338 e. The van der Waals surface area contributed by atoms with Crippen LogP contribution in [0.25, 0.3) is 0 Å². The Morgan fingerprint density at radius 1 is 1.31 bits per heavy atom. The number of hydrogen-bond donors (Lipinski definition) is 3. The lowest BCUT2D eigenvalue weighted by Gasteiger charge is -2.20. The molecule has 138 valence electrons. The molecule has 0 spiro atoms. The third kappa shape index (κ3) is 3.59. The van der Waals surface area contributed by atoms with Crippen molar-refractivity contribution in [3.8, 4) is 0 Å². The van der Waals surface area contributed by atoms with E-state index in [9.17, 15) is 24.6 Å². The number of aliphatic hydroxyl groups excluding tert-OH is 1. The molecule has 26 heavy (non-hydrogen) atoms. The van der Waals surface area contributed by atoms with Crippen molar-refractivity contribution >= 4 is 5.97 Å². The van der Waals surface area contributed by atoms with Crippen LogP contribution in [-0.4, -0.2) is 44.2 Å². The van der Waals surface area contributed by atoms with Crippen molar-refractivity contribution in [2.45, 2.75) is 38.1 Å². The van der Waals surface area contributed by atoms with Crippen LogP contribution in [0.4, 0.5) is 0 Å². The first-order valence-electron chi connectivity index (χ1n) is 7.96. The van der Waals surface area contributed by atoms with Crippen LogP contribution >= 0.6 is 0 Å². The van der Waals surface area contributed by atoms with E-state index in [4.69, 9.17) is 9.47 Å². The lowest BCUT2D eigenvalue weighted by molar-refractivity contribution is -0.168. The number of hydrogen-bond acceptors (Lipinski definition) is 7. The summed E-state index contributed by atoms with van der Waals surface area (Å²) in [7, 11) is 0. The zero-order chi connectivity index (χ0) is 18.8. The molecule has 2 heterocycles. The number of nitrogens with zero attached hydrogens (tertiary/aromatic N) is 1. The van der Waals surface area contributed by atoms with Gasteiger partial charge in [-0.15, -0.1) is 0 Å². The normalized spacial score (nSPS) is 22.5. The molecule has 1 aromatic carbocycles. The maximum atomic E-state index is 12.2. The average Bonchev–Trinajstić information content (AvgIpc) is 3.02. The van der Waals surface area contributed by atoms with Crippen LogP contribution in [-0.2, 0) is 9.47 Å². The number of aryl methyl sites for hydroxylation is 1. The molecule has 0 unspecified atom stereocenters. The first kappa shape index (κ1) is 18.1. The third-order valence-corrected chi connectivity index (χ3v) is 4.13. The maximum absolute atomic E-state index is 12.2. The van der Waals surface area contributed by atoms with Gasteiger partial charge in [-0.05, 0) is 19.1 Å². The van der Waals surface area contributed by atoms with Gasteiger partial charge in [0.2, 0.25) is 0 Å². The highest BCUT2D eigenvalue weighted by molar-refractivity contribution is 5.89. The quantitative estimate of drug-likeness (QED) is 0.501. The highest BCUT2D eigenvalue weighted by Crippen LogP contribution is 2.31. The number of ether oxygens (including phenoxy) is 2. The number of aliphatic hydroxyl groups is 2. The minimum Gasteiger partial charge on any atom is -0.456 e. The molecule has 0 aliphatic carbocycles. The predicted molar refractivity (Wildman–Crippen MR) is 88.5 cm³/mol. The second kappa shape index (κ2) is 7.24. The summed E-state index contributed by atoms with van der Waals surface area (Å²) in [4.78, 5) is 37.9. The van der Waals surface area contributed by atoms with Gasteiger partial charge in [-0.3, -0.25) is 14.3 Å². The second-order valence-electron chi connectivity index (χ2n) is 5.99. The zero-order valence-corrected chi connectivity index (χ0v) is 13.9. The fraction of sp³-hybridized carbons (Fsp3) is 0.353. The molecule has 0 radical (unpaired) electrons. The Hall–Kier alpha value is -2.75. The average molecular weight is 362 g/mol. The Morgan fingerprint density at radius 3 is 2.65 bits per heavy atom. The molecule has 1 aromatic heterocycles. The van der Waals surface area contributed by atoms with Crippen molar-refractivity contribution in [3.63, 3.8) is 0 Å². The fourth-order valence-corrected chi connectivity index (χ4v) is 2.79. The Labute approximate surface area is 147 Å². The molecule has 9 nitrogen and oxygen atoms in total. The molecular formula is C17H18N2O7. The van der Waals surface area contributed by atoms with E-state index in [0.29, 0.717) is 11.1 Å². The van der Waals surface area contributed by atoms with Gasteiger partial charge in [0.1, 0.15) is 18.4 Å². The standard InChI is InChI=1S/C17H18N2O7/c1-9-8-19(17(24)18-14(9)20)12-7-11(13(26-12)15(21)22)25-16(23)10-5-3-2-4-6-10/h2-6,8,11-13,15,21-22H,7H2,1H3,(H,18,20,24)/t11-,12+,13-/m0/s1. The van der Waals surface area contributed by atoms with E-state index < -0.39 is 41.9 Å². The molecule has 3 rings (SSSR count). The first-order valence-corrected chi connectivity index (χ1v) is 7.96. The van der Waals surface area contributed by atoms with Crippen molar-refractivity contribution in [1.82, 2.24) is 9.55 Å². The Kier molecular flexibility index (Phi) is 5.03. The molecule has 9 heteroatoms. The number of carbonyl (C=O) groups excluding carboxylic acids is 1. The highest BCUT2D eigenvalue weighted by atomic mass is 16.6. The number of rotatable bonds is 4. The number of benzene rings is 1. The van der Waals surface area contributed by atoms with Crippen LogP contribution < -0.4 is 11.2 Å². The number of nitrogens with one attached hydrogen (secondary N) is 1. The van der Waals surface area contributed by atoms with Crippen molar-refractivity contribution in [3.05, 3.63) is 68.5 Å². The minimum atomic E-state index is -1.91. The lowest BCUT2D eigenvalue weighted by atomic mass is 10.1. The lowest BCUT2D eigenvalue weighted by Crippen LogP contribution is -2.37. The van der Waals surface area contributed by atoms with E-state index in [0.717, 1.165) is 4.57 Å². The monoisotopic (exact) mass is 362 g/mol. The van der Waals surface area contributed by atoms with Crippen molar-refractivity contribution in [2.75, 3.05) is 0 Å². The van der Waals surface area contributed by atoms with Crippen LogP contribution in [0.1, 0.15) is 28.6 Å². The number of carbonyl (C=O) groups is 1. The molecule has 3 atom stereocenters. The zero-order valence-electron chi connectivity index (χ0n) is 13.9. The summed E-state index contributed by atoms with van der Waals surface area (Å²) in [6.45, 7) is 1.52. The molecule has 1 fully saturated rings. The van der Waals surface area contributed by atoms with Gasteiger partial charge >= 0.3 is 11.7 Å². The van der Waals surface area contributed by atoms with Gasteiger partial charge in [0.25, 0.3) is 5.56 Å². The minimum absolute atomic E-state index is 0.0201.